The van der Waals surface area contributed by atoms with Gasteiger partial charge in [-0.1, -0.05) is 35.2 Å². The van der Waals surface area contributed by atoms with Gasteiger partial charge in [0.2, 0.25) is 0 Å². The number of phenolic OH excluding ortho intramolecular Hbond substituents is 1. The Morgan fingerprint density at radius 2 is 2.00 bits per heavy atom. The zero-order chi connectivity index (χ0) is 13.3. The van der Waals surface area contributed by atoms with E-state index in [9.17, 15) is 9.50 Å². The minimum atomic E-state index is -0.569. The van der Waals surface area contributed by atoms with E-state index in [4.69, 9.17) is 5.73 Å². The molecule has 2 rings (SSSR count). The SMILES string of the molecule is Cc1c(Br)cc(F)c(O)c1C1(CN)CCCCC1. The molecule has 18 heavy (non-hydrogen) atoms. The molecule has 0 amide bonds. The quantitative estimate of drug-likeness (QED) is 0.872. The molecule has 0 bridgehead atoms. The fourth-order valence-electron chi connectivity index (χ4n) is 3.14. The molecule has 0 spiro atoms. The molecular weight excluding hydrogens is 297 g/mol. The summed E-state index contributed by atoms with van der Waals surface area (Å²) in [7, 11) is 0. The van der Waals surface area contributed by atoms with Crippen molar-refractivity contribution in [2.75, 3.05) is 6.54 Å². The average Bonchev–Trinajstić information content (AvgIpc) is 2.38. The lowest BCUT2D eigenvalue weighted by Gasteiger charge is -2.38. The normalized spacial score (nSPS) is 18.9. The number of aromatic hydroxyl groups is 1. The Morgan fingerprint density at radius 1 is 1.39 bits per heavy atom. The summed E-state index contributed by atoms with van der Waals surface area (Å²) in [5.41, 5.74) is 7.30. The van der Waals surface area contributed by atoms with Crippen LogP contribution >= 0.6 is 15.9 Å². The maximum Gasteiger partial charge on any atom is 0.166 e. The molecule has 0 unspecified atom stereocenters. The molecule has 0 saturated heterocycles. The lowest BCUT2D eigenvalue weighted by molar-refractivity contribution is 0.285. The first-order chi connectivity index (χ1) is 8.52. The number of rotatable bonds is 2. The van der Waals surface area contributed by atoms with Gasteiger partial charge in [0.25, 0.3) is 0 Å². The molecule has 2 nitrogen and oxygen atoms in total. The maximum absolute atomic E-state index is 13.8. The monoisotopic (exact) mass is 315 g/mol. The van der Waals surface area contributed by atoms with Crippen molar-refractivity contribution in [2.45, 2.75) is 44.4 Å². The summed E-state index contributed by atoms with van der Waals surface area (Å²) in [5, 5.41) is 10.1. The van der Waals surface area contributed by atoms with E-state index in [1.165, 1.54) is 12.5 Å². The predicted molar refractivity (Wildman–Crippen MR) is 74.3 cm³/mol. The Kier molecular flexibility index (Phi) is 3.97. The first kappa shape index (κ1) is 13.8. The number of phenols is 1. The van der Waals surface area contributed by atoms with Crippen molar-refractivity contribution in [3.05, 3.63) is 27.5 Å². The first-order valence-corrected chi connectivity index (χ1v) is 7.19. The molecule has 1 aliphatic rings. The topological polar surface area (TPSA) is 46.2 Å². The van der Waals surface area contributed by atoms with Crippen molar-refractivity contribution >= 4 is 15.9 Å². The fourth-order valence-corrected chi connectivity index (χ4v) is 3.54. The van der Waals surface area contributed by atoms with Crippen LogP contribution in [0.4, 0.5) is 4.39 Å². The van der Waals surface area contributed by atoms with Gasteiger partial charge in [-0.3, -0.25) is 0 Å². The van der Waals surface area contributed by atoms with Crippen molar-refractivity contribution in [1.82, 2.24) is 0 Å². The van der Waals surface area contributed by atoms with Crippen molar-refractivity contribution in [1.29, 1.82) is 0 Å². The van der Waals surface area contributed by atoms with E-state index in [0.29, 0.717) is 16.6 Å². The zero-order valence-corrected chi connectivity index (χ0v) is 12.2. The van der Waals surface area contributed by atoms with E-state index in [2.05, 4.69) is 15.9 Å². The first-order valence-electron chi connectivity index (χ1n) is 6.40. The lowest BCUT2D eigenvalue weighted by atomic mass is 9.68. The zero-order valence-electron chi connectivity index (χ0n) is 10.6. The molecule has 100 valence electrons. The Bertz CT molecular complexity index is 429. The summed E-state index contributed by atoms with van der Waals surface area (Å²) in [6.45, 7) is 2.36. The van der Waals surface area contributed by atoms with E-state index in [1.54, 1.807) is 0 Å². The lowest BCUT2D eigenvalue weighted by Crippen LogP contribution is -2.38. The van der Waals surface area contributed by atoms with E-state index in [0.717, 1.165) is 31.2 Å². The summed E-state index contributed by atoms with van der Waals surface area (Å²) in [4.78, 5) is 0. The van der Waals surface area contributed by atoms with Crippen LogP contribution in [0.2, 0.25) is 0 Å². The second kappa shape index (κ2) is 5.17. The molecular formula is C14H19BrFNO. The highest BCUT2D eigenvalue weighted by molar-refractivity contribution is 9.10. The third-order valence-corrected chi connectivity index (χ3v) is 5.01. The third kappa shape index (κ3) is 2.16. The predicted octanol–water partition coefficient (Wildman–Crippen LogP) is 3.76. The van der Waals surface area contributed by atoms with Gasteiger partial charge in [-0.25, -0.2) is 4.39 Å². The maximum atomic E-state index is 13.8. The molecule has 0 radical (unpaired) electrons. The van der Waals surface area contributed by atoms with Gasteiger partial charge in [0.15, 0.2) is 11.6 Å². The number of hydrogen-bond acceptors (Lipinski definition) is 2. The second-order valence-corrected chi connectivity index (χ2v) is 6.09. The van der Waals surface area contributed by atoms with Crippen LogP contribution < -0.4 is 5.73 Å². The molecule has 1 aromatic rings. The van der Waals surface area contributed by atoms with E-state index in [-0.39, 0.29) is 11.2 Å². The Hall–Kier alpha value is -0.610. The van der Waals surface area contributed by atoms with Crippen molar-refractivity contribution < 1.29 is 9.50 Å². The van der Waals surface area contributed by atoms with Gasteiger partial charge in [0.05, 0.1) is 0 Å². The highest BCUT2D eigenvalue weighted by atomic mass is 79.9. The standard InChI is InChI=1S/C14H19BrFNO/c1-9-10(15)7-11(16)13(18)12(9)14(8-17)5-3-2-4-6-14/h7,18H,2-6,8,17H2,1H3. The van der Waals surface area contributed by atoms with Crippen LogP contribution in [-0.4, -0.2) is 11.7 Å². The summed E-state index contributed by atoms with van der Waals surface area (Å²) < 4.78 is 14.5. The number of hydrogen-bond donors (Lipinski definition) is 2. The molecule has 4 heteroatoms. The third-order valence-electron chi connectivity index (χ3n) is 4.18. The van der Waals surface area contributed by atoms with E-state index in [1.807, 2.05) is 6.92 Å². The smallest absolute Gasteiger partial charge is 0.166 e. The largest absolute Gasteiger partial charge is 0.505 e. The fraction of sp³-hybridized carbons (Fsp3) is 0.571. The van der Waals surface area contributed by atoms with Crippen molar-refractivity contribution in [3.8, 4) is 5.75 Å². The minimum Gasteiger partial charge on any atom is -0.505 e. The van der Waals surface area contributed by atoms with Crippen molar-refractivity contribution in [3.63, 3.8) is 0 Å². The molecule has 0 aromatic heterocycles. The molecule has 1 aromatic carbocycles. The van der Waals surface area contributed by atoms with Crippen LogP contribution in [0.25, 0.3) is 0 Å². The van der Waals surface area contributed by atoms with Gasteiger partial charge in [0.1, 0.15) is 0 Å². The van der Waals surface area contributed by atoms with Crippen molar-refractivity contribution in [2.24, 2.45) is 5.73 Å². The summed E-state index contributed by atoms with van der Waals surface area (Å²) in [6.07, 6.45) is 5.22. The van der Waals surface area contributed by atoms with Crippen LogP contribution in [0.1, 0.15) is 43.2 Å². The van der Waals surface area contributed by atoms with Gasteiger partial charge in [0, 0.05) is 22.0 Å². The number of halogens is 2. The van der Waals surface area contributed by atoms with E-state index >= 15 is 0 Å². The molecule has 1 saturated carbocycles. The highest BCUT2D eigenvalue weighted by Gasteiger charge is 2.37. The van der Waals surface area contributed by atoms with Gasteiger partial charge < -0.3 is 10.8 Å². The summed E-state index contributed by atoms with van der Waals surface area (Å²) >= 11 is 3.36. The van der Waals surface area contributed by atoms with Gasteiger partial charge in [-0.2, -0.15) is 0 Å². The molecule has 3 N–H and O–H groups in total. The Balaban J connectivity index is 2.61. The van der Waals surface area contributed by atoms with Crippen LogP contribution in [0.3, 0.4) is 0 Å². The molecule has 0 atom stereocenters. The number of benzene rings is 1. The summed E-state index contributed by atoms with van der Waals surface area (Å²) in [6, 6.07) is 1.32. The van der Waals surface area contributed by atoms with Crippen LogP contribution in [-0.2, 0) is 5.41 Å². The minimum absolute atomic E-state index is 0.219. The molecule has 0 heterocycles. The average molecular weight is 316 g/mol. The Labute approximate surface area is 116 Å². The molecule has 0 aliphatic heterocycles. The highest BCUT2D eigenvalue weighted by Crippen LogP contribution is 2.46. The number of nitrogens with two attached hydrogens (primary N) is 1. The van der Waals surface area contributed by atoms with Gasteiger partial charge >= 0.3 is 0 Å². The van der Waals surface area contributed by atoms with Crippen LogP contribution in [0, 0.1) is 12.7 Å². The molecule has 1 aliphatic carbocycles. The summed E-state index contributed by atoms with van der Waals surface area (Å²) in [5.74, 6) is -0.788. The van der Waals surface area contributed by atoms with Crippen LogP contribution in [0.5, 0.6) is 5.75 Å². The molecule has 1 fully saturated rings. The van der Waals surface area contributed by atoms with Crippen LogP contribution in [0.15, 0.2) is 10.5 Å². The van der Waals surface area contributed by atoms with Gasteiger partial charge in [-0.05, 0) is 31.4 Å². The Morgan fingerprint density at radius 3 is 2.56 bits per heavy atom. The van der Waals surface area contributed by atoms with E-state index < -0.39 is 5.82 Å². The van der Waals surface area contributed by atoms with Gasteiger partial charge in [-0.15, -0.1) is 0 Å². The second-order valence-electron chi connectivity index (χ2n) is 5.23.